The molecule has 94 valence electrons. The Bertz CT molecular complexity index is 681. The third kappa shape index (κ3) is 1.55. The first-order chi connectivity index (χ1) is 8.61. The van der Waals surface area contributed by atoms with Crippen molar-refractivity contribution < 1.29 is 8.83 Å². The minimum absolute atomic E-state index is 0.629. The van der Waals surface area contributed by atoms with Gasteiger partial charge in [0.05, 0.1) is 5.02 Å². The summed E-state index contributed by atoms with van der Waals surface area (Å²) in [7, 11) is 1.91. The summed E-state index contributed by atoms with van der Waals surface area (Å²) < 4.78 is 11.5. The summed E-state index contributed by atoms with van der Waals surface area (Å²) >= 11 is 6.40. The van der Waals surface area contributed by atoms with Crippen molar-refractivity contribution in [2.24, 2.45) is 0 Å². The van der Waals surface area contributed by atoms with Crippen molar-refractivity contribution in [3.05, 3.63) is 34.2 Å². The van der Waals surface area contributed by atoms with Gasteiger partial charge in [0, 0.05) is 22.9 Å². The number of hydrogen-bond acceptors (Lipinski definition) is 3. The molecule has 0 bridgehead atoms. The van der Waals surface area contributed by atoms with Gasteiger partial charge in [0.2, 0.25) is 0 Å². The highest BCUT2D eigenvalue weighted by atomic mass is 35.5. The second kappa shape index (κ2) is 4.04. The van der Waals surface area contributed by atoms with Gasteiger partial charge in [-0.25, -0.2) is 0 Å². The molecule has 0 aliphatic rings. The molecule has 18 heavy (non-hydrogen) atoms. The number of furan rings is 2. The van der Waals surface area contributed by atoms with Gasteiger partial charge in [-0.15, -0.1) is 0 Å². The summed E-state index contributed by atoms with van der Waals surface area (Å²) in [4.78, 5) is 0. The normalized spacial score (nSPS) is 11.8. The van der Waals surface area contributed by atoms with Crippen molar-refractivity contribution in [1.82, 2.24) is 5.32 Å². The molecule has 0 aliphatic heterocycles. The fourth-order valence-corrected chi connectivity index (χ4v) is 2.68. The molecule has 0 spiro atoms. The van der Waals surface area contributed by atoms with Crippen LogP contribution in [-0.2, 0) is 6.54 Å². The maximum atomic E-state index is 6.40. The van der Waals surface area contributed by atoms with E-state index in [0.29, 0.717) is 5.02 Å². The van der Waals surface area contributed by atoms with Crippen LogP contribution in [0, 0.1) is 13.8 Å². The summed E-state index contributed by atoms with van der Waals surface area (Å²) in [5, 5.41) is 5.73. The predicted octanol–water partition coefficient (Wildman–Crippen LogP) is 4.17. The first kappa shape index (κ1) is 11.6. The SMILES string of the molecule is CNCc1c2cc(C)oc2c(Cl)c2cc(C)oc12. The zero-order valence-corrected chi connectivity index (χ0v) is 11.3. The van der Waals surface area contributed by atoms with E-state index in [1.165, 1.54) is 0 Å². The van der Waals surface area contributed by atoms with Crippen LogP contribution in [-0.4, -0.2) is 7.05 Å². The molecule has 2 heterocycles. The van der Waals surface area contributed by atoms with E-state index in [0.717, 1.165) is 45.6 Å². The highest BCUT2D eigenvalue weighted by Crippen LogP contribution is 2.39. The van der Waals surface area contributed by atoms with Gasteiger partial charge in [0.15, 0.2) is 5.58 Å². The molecule has 0 fully saturated rings. The lowest BCUT2D eigenvalue weighted by molar-refractivity contribution is 0.571. The largest absolute Gasteiger partial charge is 0.461 e. The van der Waals surface area contributed by atoms with Crippen molar-refractivity contribution in [2.45, 2.75) is 20.4 Å². The van der Waals surface area contributed by atoms with Crippen LogP contribution in [0.15, 0.2) is 21.0 Å². The molecule has 3 aromatic rings. The van der Waals surface area contributed by atoms with Crippen LogP contribution in [0.1, 0.15) is 17.1 Å². The highest BCUT2D eigenvalue weighted by Gasteiger charge is 2.18. The first-order valence-corrected chi connectivity index (χ1v) is 6.25. The number of aryl methyl sites for hydroxylation is 2. The Balaban J connectivity index is 2.51. The van der Waals surface area contributed by atoms with E-state index in [1.54, 1.807) is 0 Å². The molecule has 1 aromatic carbocycles. The Morgan fingerprint density at radius 2 is 1.67 bits per heavy atom. The van der Waals surface area contributed by atoms with Gasteiger partial charge in [-0.3, -0.25) is 0 Å². The van der Waals surface area contributed by atoms with Crippen molar-refractivity contribution in [3.63, 3.8) is 0 Å². The topological polar surface area (TPSA) is 38.3 Å². The van der Waals surface area contributed by atoms with Crippen LogP contribution in [0.3, 0.4) is 0 Å². The second-order valence-electron chi connectivity index (χ2n) is 4.52. The lowest BCUT2D eigenvalue weighted by atomic mass is 10.1. The molecule has 2 aromatic heterocycles. The molecule has 0 unspecified atom stereocenters. The molecule has 0 radical (unpaired) electrons. The van der Waals surface area contributed by atoms with E-state index in [1.807, 2.05) is 33.0 Å². The Morgan fingerprint density at radius 1 is 1.06 bits per heavy atom. The fraction of sp³-hybridized carbons (Fsp3) is 0.286. The van der Waals surface area contributed by atoms with E-state index >= 15 is 0 Å². The number of hydrogen-bond donors (Lipinski definition) is 1. The number of fused-ring (bicyclic) bond motifs is 2. The summed E-state index contributed by atoms with van der Waals surface area (Å²) in [6.45, 7) is 4.56. The highest BCUT2D eigenvalue weighted by molar-refractivity contribution is 6.40. The van der Waals surface area contributed by atoms with Gasteiger partial charge < -0.3 is 14.2 Å². The average molecular weight is 264 g/mol. The molecular formula is C14H14ClNO2. The first-order valence-electron chi connectivity index (χ1n) is 5.87. The van der Waals surface area contributed by atoms with Crippen LogP contribution < -0.4 is 5.32 Å². The standard InChI is InChI=1S/C14H14ClNO2/c1-7-4-9-11(6-16-3)13-10(5-8(2)17-13)12(15)14(9)18-7/h4-5,16H,6H2,1-3H3. The van der Waals surface area contributed by atoms with E-state index < -0.39 is 0 Å². The molecule has 0 saturated heterocycles. The minimum atomic E-state index is 0.629. The zero-order chi connectivity index (χ0) is 12.9. The van der Waals surface area contributed by atoms with Crippen LogP contribution >= 0.6 is 11.6 Å². The van der Waals surface area contributed by atoms with Crippen LogP contribution in [0.2, 0.25) is 5.02 Å². The Kier molecular flexibility index (Phi) is 2.61. The lowest BCUT2D eigenvalue weighted by Crippen LogP contribution is -2.05. The molecule has 0 atom stereocenters. The number of rotatable bonds is 2. The molecule has 0 saturated carbocycles. The predicted molar refractivity (Wildman–Crippen MR) is 73.2 cm³/mol. The quantitative estimate of drug-likeness (QED) is 0.754. The van der Waals surface area contributed by atoms with Crippen molar-refractivity contribution in [1.29, 1.82) is 0 Å². The van der Waals surface area contributed by atoms with Crippen LogP contribution in [0.5, 0.6) is 0 Å². The third-order valence-corrected chi connectivity index (χ3v) is 3.47. The van der Waals surface area contributed by atoms with Gasteiger partial charge >= 0.3 is 0 Å². The summed E-state index contributed by atoms with van der Waals surface area (Å²) in [5.41, 5.74) is 2.68. The van der Waals surface area contributed by atoms with Gasteiger partial charge in [0.25, 0.3) is 0 Å². The number of nitrogens with one attached hydrogen (secondary N) is 1. The zero-order valence-electron chi connectivity index (χ0n) is 10.6. The van der Waals surface area contributed by atoms with E-state index in [4.69, 9.17) is 20.4 Å². The molecule has 3 nitrogen and oxygen atoms in total. The molecule has 4 heteroatoms. The Labute approximate surface area is 110 Å². The summed E-state index contributed by atoms with van der Waals surface area (Å²) in [5.74, 6) is 1.71. The molecular weight excluding hydrogens is 250 g/mol. The summed E-state index contributed by atoms with van der Waals surface area (Å²) in [6.07, 6.45) is 0. The molecule has 1 N–H and O–H groups in total. The minimum Gasteiger partial charge on any atom is -0.461 e. The Morgan fingerprint density at radius 3 is 2.33 bits per heavy atom. The van der Waals surface area contributed by atoms with Crippen LogP contribution in [0.4, 0.5) is 0 Å². The lowest BCUT2D eigenvalue weighted by Gasteiger charge is -2.04. The van der Waals surface area contributed by atoms with Crippen molar-refractivity contribution in [3.8, 4) is 0 Å². The van der Waals surface area contributed by atoms with Gasteiger partial charge in [-0.1, -0.05) is 11.6 Å². The van der Waals surface area contributed by atoms with Crippen LogP contribution in [0.25, 0.3) is 21.9 Å². The maximum Gasteiger partial charge on any atom is 0.154 e. The number of benzene rings is 1. The summed E-state index contributed by atoms with van der Waals surface area (Å²) in [6, 6.07) is 3.96. The monoisotopic (exact) mass is 263 g/mol. The Hall–Kier alpha value is -1.45. The fourth-order valence-electron chi connectivity index (χ4n) is 2.40. The molecule has 0 aliphatic carbocycles. The smallest absolute Gasteiger partial charge is 0.154 e. The third-order valence-electron chi connectivity index (χ3n) is 3.10. The van der Waals surface area contributed by atoms with Gasteiger partial charge in [-0.2, -0.15) is 0 Å². The van der Waals surface area contributed by atoms with Crippen molar-refractivity contribution in [2.75, 3.05) is 7.05 Å². The molecule has 3 rings (SSSR count). The van der Waals surface area contributed by atoms with Gasteiger partial charge in [0.1, 0.15) is 17.1 Å². The van der Waals surface area contributed by atoms with E-state index in [9.17, 15) is 0 Å². The van der Waals surface area contributed by atoms with Gasteiger partial charge in [-0.05, 0) is 33.0 Å². The van der Waals surface area contributed by atoms with E-state index in [-0.39, 0.29) is 0 Å². The maximum absolute atomic E-state index is 6.40. The average Bonchev–Trinajstić information content (AvgIpc) is 2.88. The molecule has 0 amide bonds. The second-order valence-corrected chi connectivity index (χ2v) is 4.90. The van der Waals surface area contributed by atoms with E-state index in [2.05, 4.69) is 5.32 Å². The van der Waals surface area contributed by atoms with Crippen molar-refractivity contribution >= 4 is 33.5 Å². The number of halogens is 1.